The number of ether oxygens (including phenoxy) is 7. The maximum Gasteiger partial charge on any atom is 0.331 e. The predicted molar refractivity (Wildman–Crippen MR) is 191 cm³/mol. The highest BCUT2D eigenvalue weighted by atomic mass is 16.7. The van der Waals surface area contributed by atoms with Crippen molar-refractivity contribution >= 4 is 5.97 Å². The summed E-state index contributed by atoms with van der Waals surface area (Å²) in [7, 11) is 0. The Kier molecular flexibility index (Phi) is 10.9. The standard InChI is InChI=1S/C41H64O13/c1-20-36(46)29(42)16-34(49-20)53-38-22(3)51-35(18-31(38)44)54-37-21(2)50-33(17-30(37)43)52-25-8-11-39(4)24(15-25)6-7-28-27(39)9-12-40(5)26(10-13-41(28,40)47)23-14-32(45)48-19-23/h14,20-22,24-31,33-38,42-44,46-47H,6-13,15-19H2,1-5H3/t20-,21+,22+,24+,25-,26-,27+,28-,29-,30+,31+,33-,34-,35+,36-,37+,38+,39+,40-,41+/m1/s1. The molecule has 54 heavy (non-hydrogen) atoms. The van der Waals surface area contributed by atoms with Crippen LogP contribution in [0.3, 0.4) is 0 Å². The quantitative estimate of drug-likeness (QED) is 0.188. The van der Waals surface area contributed by atoms with Gasteiger partial charge in [-0.1, -0.05) is 13.8 Å². The highest BCUT2D eigenvalue weighted by Crippen LogP contribution is 2.70. The summed E-state index contributed by atoms with van der Waals surface area (Å²) in [5.74, 6) is 1.13. The van der Waals surface area contributed by atoms with Crippen LogP contribution in [0.1, 0.15) is 112 Å². The fourth-order valence-electron chi connectivity index (χ4n) is 12.8. The Morgan fingerprint density at radius 3 is 1.89 bits per heavy atom. The van der Waals surface area contributed by atoms with Crippen molar-refractivity contribution in [2.45, 2.75) is 197 Å². The lowest BCUT2D eigenvalue weighted by Gasteiger charge is -2.64. The molecule has 0 amide bonds. The van der Waals surface area contributed by atoms with Crippen LogP contribution in [0.2, 0.25) is 0 Å². The van der Waals surface area contributed by atoms with E-state index in [9.17, 15) is 30.3 Å². The van der Waals surface area contributed by atoms with E-state index < -0.39 is 79.4 Å². The van der Waals surface area contributed by atoms with Gasteiger partial charge in [-0.05, 0) is 113 Å². The molecule has 0 aromatic heterocycles. The van der Waals surface area contributed by atoms with E-state index in [1.165, 1.54) is 0 Å². The summed E-state index contributed by atoms with van der Waals surface area (Å²) in [6.45, 7) is 10.4. The van der Waals surface area contributed by atoms with Crippen molar-refractivity contribution in [3.63, 3.8) is 0 Å². The number of hydrogen-bond acceptors (Lipinski definition) is 13. The van der Waals surface area contributed by atoms with Crippen molar-refractivity contribution in [1.29, 1.82) is 0 Å². The number of carbonyl (C=O) groups is 1. The Labute approximate surface area is 319 Å². The van der Waals surface area contributed by atoms with Crippen LogP contribution in [0.4, 0.5) is 0 Å². The topological polar surface area (TPSA) is 183 Å². The van der Waals surface area contributed by atoms with Gasteiger partial charge in [0, 0.05) is 30.8 Å². The van der Waals surface area contributed by atoms with E-state index in [1.807, 2.05) is 6.92 Å². The van der Waals surface area contributed by atoms with Crippen molar-refractivity contribution in [2.75, 3.05) is 6.61 Å². The minimum atomic E-state index is -0.996. The summed E-state index contributed by atoms with van der Waals surface area (Å²) in [6, 6.07) is 0. The molecule has 3 saturated heterocycles. The average molecular weight is 765 g/mol. The Morgan fingerprint density at radius 1 is 0.685 bits per heavy atom. The molecule has 0 spiro atoms. The third-order valence-corrected chi connectivity index (χ3v) is 15.9. The highest BCUT2D eigenvalue weighted by Gasteiger charge is 2.68. The summed E-state index contributed by atoms with van der Waals surface area (Å²) >= 11 is 0. The number of aliphatic hydroxyl groups is 5. The molecule has 4 heterocycles. The Hall–Kier alpha value is -1.23. The molecular formula is C41H64O13. The lowest BCUT2D eigenvalue weighted by molar-refractivity contribution is -0.336. The van der Waals surface area contributed by atoms with Crippen LogP contribution < -0.4 is 0 Å². The van der Waals surface area contributed by atoms with E-state index in [-0.39, 0.29) is 54.0 Å². The summed E-state index contributed by atoms with van der Waals surface area (Å²) < 4.78 is 42.2. The van der Waals surface area contributed by atoms with Crippen molar-refractivity contribution in [3.05, 3.63) is 11.6 Å². The van der Waals surface area contributed by atoms with E-state index in [4.69, 9.17) is 33.2 Å². The van der Waals surface area contributed by atoms with Gasteiger partial charge in [0.05, 0.1) is 48.3 Å². The van der Waals surface area contributed by atoms with Crippen molar-refractivity contribution in [2.24, 2.45) is 34.5 Å². The van der Waals surface area contributed by atoms with Crippen LogP contribution in [0.5, 0.6) is 0 Å². The first-order valence-corrected chi connectivity index (χ1v) is 20.8. The molecule has 13 nitrogen and oxygen atoms in total. The number of esters is 1. The van der Waals surface area contributed by atoms with Gasteiger partial charge in [-0.25, -0.2) is 4.79 Å². The molecule has 8 rings (SSSR count). The molecule has 306 valence electrons. The lowest BCUT2D eigenvalue weighted by Crippen LogP contribution is -2.62. The van der Waals surface area contributed by atoms with Gasteiger partial charge in [0.25, 0.3) is 0 Å². The number of rotatable bonds is 7. The Bertz CT molecular complexity index is 1370. The van der Waals surface area contributed by atoms with Crippen molar-refractivity contribution < 1.29 is 63.5 Å². The predicted octanol–water partition coefficient (Wildman–Crippen LogP) is 3.25. The highest BCUT2D eigenvalue weighted by molar-refractivity contribution is 5.85. The van der Waals surface area contributed by atoms with Crippen LogP contribution in [0.15, 0.2) is 11.6 Å². The summed E-state index contributed by atoms with van der Waals surface area (Å²) in [4.78, 5) is 11.9. The molecule has 4 aliphatic carbocycles. The minimum Gasteiger partial charge on any atom is -0.458 e. The van der Waals surface area contributed by atoms with E-state index in [1.54, 1.807) is 19.9 Å². The van der Waals surface area contributed by atoms with E-state index in [2.05, 4.69) is 13.8 Å². The number of cyclic esters (lactones) is 1. The van der Waals surface area contributed by atoms with E-state index in [0.29, 0.717) is 18.4 Å². The fourth-order valence-corrected chi connectivity index (χ4v) is 12.8. The Balaban J connectivity index is 0.826. The van der Waals surface area contributed by atoms with Crippen LogP contribution in [-0.4, -0.2) is 124 Å². The third kappa shape index (κ3) is 6.82. The molecule has 0 bridgehead atoms. The van der Waals surface area contributed by atoms with Gasteiger partial charge in [-0.15, -0.1) is 0 Å². The zero-order valence-electron chi connectivity index (χ0n) is 32.6. The molecule has 7 fully saturated rings. The van der Waals surface area contributed by atoms with Crippen LogP contribution in [-0.2, 0) is 38.0 Å². The largest absolute Gasteiger partial charge is 0.458 e. The van der Waals surface area contributed by atoms with Crippen LogP contribution in [0, 0.1) is 34.5 Å². The van der Waals surface area contributed by atoms with Crippen LogP contribution >= 0.6 is 0 Å². The maximum atomic E-state index is 12.6. The SMILES string of the molecule is C[C@@H]1O[C@@H](O[C@H]2[C@H](C)O[C@H](O[C@@H]3CC[C@@]4(C)[C@@H](CC[C@@H]5[C@@H]4CC[C@]4(C)[C@@H](C6=CC(=O)OC6)CC[C@]54O)C3)C[C@@H]2O)C[C@H](O)[C@H]1O[C@@H]1C[C@@H](O)[C@H](O)[C@@H](C)O1. The van der Waals surface area contributed by atoms with E-state index >= 15 is 0 Å². The van der Waals surface area contributed by atoms with Gasteiger partial charge < -0.3 is 58.7 Å². The zero-order valence-corrected chi connectivity index (χ0v) is 32.6. The molecule has 0 radical (unpaired) electrons. The normalized spacial score (nSPS) is 55.0. The second kappa shape index (κ2) is 14.9. The monoisotopic (exact) mass is 764 g/mol. The molecule has 5 N–H and O–H groups in total. The molecular weight excluding hydrogens is 700 g/mol. The van der Waals surface area contributed by atoms with Crippen molar-refractivity contribution in [1.82, 2.24) is 0 Å². The fraction of sp³-hybridized carbons (Fsp3) is 0.927. The van der Waals surface area contributed by atoms with Crippen molar-refractivity contribution in [3.8, 4) is 0 Å². The molecule has 0 aromatic carbocycles. The first kappa shape index (κ1) is 39.6. The first-order valence-electron chi connectivity index (χ1n) is 20.8. The first-order chi connectivity index (χ1) is 25.6. The second-order valence-electron chi connectivity index (χ2n) is 18.7. The Morgan fingerprint density at radius 2 is 1.30 bits per heavy atom. The number of aliphatic hydroxyl groups excluding tert-OH is 4. The molecule has 20 atom stereocenters. The third-order valence-electron chi connectivity index (χ3n) is 15.9. The second-order valence-corrected chi connectivity index (χ2v) is 18.7. The van der Waals surface area contributed by atoms with Gasteiger partial charge in [-0.2, -0.15) is 0 Å². The molecule has 4 aliphatic heterocycles. The summed E-state index contributed by atoms with van der Waals surface area (Å²) in [6.07, 6.45) is 1.90. The molecule has 13 heteroatoms. The van der Waals surface area contributed by atoms with Gasteiger partial charge >= 0.3 is 5.97 Å². The van der Waals surface area contributed by atoms with E-state index in [0.717, 1.165) is 63.4 Å². The minimum absolute atomic E-state index is 0.0243. The van der Waals surface area contributed by atoms with Gasteiger partial charge in [0.2, 0.25) is 0 Å². The zero-order chi connectivity index (χ0) is 38.3. The van der Waals surface area contributed by atoms with Gasteiger partial charge in [-0.3, -0.25) is 0 Å². The smallest absolute Gasteiger partial charge is 0.331 e. The van der Waals surface area contributed by atoms with Gasteiger partial charge in [0.15, 0.2) is 18.9 Å². The lowest BCUT2D eigenvalue weighted by atomic mass is 9.43. The molecule has 0 aromatic rings. The number of fused-ring (bicyclic) bond motifs is 5. The summed E-state index contributed by atoms with van der Waals surface area (Å²) in [5.41, 5.74) is 0.215. The summed E-state index contributed by atoms with van der Waals surface area (Å²) in [5, 5.41) is 55.0. The maximum absolute atomic E-state index is 12.6. The average Bonchev–Trinajstić information content (AvgIpc) is 3.66. The molecule has 8 aliphatic rings. The molecule has 0 unspecified atom stereocenters. The number of carbonyl (C=O) groups excluding carboxylic acids is 1. The molecule has 4 saturated carbocycles. The van der Waals surface area contributed by atoms with Gasteiger partial charge in [0.1, 0.15) is 24.9 Å². The number of hydrogen-bond donors (Lipinski definition) is 5. The van der Waals surface area contributed by atoms with Crippen LogP contribution in [0.25, 0.3) is 0 Å².